The minimum Gasteiger partial charge on any atom is -0.484 e. The minimum atomic E-state index is -0.273. The normalized spacial score (nSPS) is 10.1. The number of anilines is 2. The van der Waals surface area contributed by atoms with Crippen LogP contribution in [0.5, 0.6) is 5.75 Å². The molecule has 0 atom stereocenters. The number of carbonyl (C=O) groups excluding carboxylic acids is 2. The van der Waals surface area contributed by atoms with E-state index in [2.05, 4.69) is 10.6 Å². The Morgan fingerprint density at radius 2 is 1.64 bits per heavy atom. The van der Waals surface area contributed by atoms with Crippen molar-refractivity contribution >= 4 is 34.5 Å². The first-order chi connectivity index (χ1) is 12.2. The molecule has 6 heteroatoms. The second kappa shape index (κ2) is 8.12. The smallest absolute Gasteiger partial charge is 0.265 e. The van der Waals surface area contributed by atoms with E-state index in [1.807, 2.05) is 29.6 Å². The van der Waals surface area contributed by atoms with Crippen molar-refractivity contribution in [2.75, 3.05) is 17.2 Å². The molecule has 0 aliphatic carbocycles. The first-order valence-electron chi connectivity index (χ1n) is 7.63. The second-order valence-corrected chi connectivity index (χ2v) is 6.11. The molecule has 126 valence electrons. The van der Waals surface area contributed by atoms with Gasteiger partial charge in [-0.25, -0.2) is 0 Å². The number of nitrogens with one attached hydrogen (secondary N) is 2. The van der Waals surface area contributed by atoms with Crippen molar-refractivity contribution in [1.29, 1.82) is 0 Å². The summed E-state index contributed by atoms with van der Waals surface area (Å²) in [5.41, 5.74) is 1.20. The van der Waals surface area contributed by atoms with Crippen LogP contribution in [-0.2, 0) is 4.79 Å². The van der Waals surface area contributed by atoms with Crippen molar-refractivity contribution in [2.45, 2.75) is 0 Å². The van der Waals surface area contributed by atoms with Gasteiger partial charge < -0.3 is 15.4 Å². The summed E-state index contributed by atoms with van der Waals surface area (Å²) in [5, 5.41) is 7.40. The molecule has 0 bridgehead atoms. The fourth-order valence-corrected chi connectivity index (χ4v) is 2.76. The third-order valence-electron chi connectivity index (χ3n) is 3.26. The van der Waals surface area contributed by atoms with Crippen LogP contribution >= 0.6 is 11.3 Å². The van der Waals surface area contributed by atoms with Gasteiger partial charge in [0.25, 0.3) is 11.8 Å². The number of carbonyl (C=O) groups is 2. The van der Waals surface area contributed by atoms with Gasteiger partial charge in [0.15, 0.2) is 6.61 Å². The monoisotopic (exact) mass is 352 g/mol. The van der Waals surface area contributed by atoms with Gasteiger partial charge in [-0.05, 0) is 41.8 Å². The molecule has 5 nitrogen and oxygen atoms in total. The van der Waals surface area contributed by atoms with E-state index >= 15 is 0 Å². The van der Waals surface area contributed by atoms with Crippen LogP contribution < -0.4 is 15.4 Å². The van der Waals surface area contributed by atoms with Gasteiger partial charge in [0.05, 0.1) is 4.88 Å². The maximum atomic E-state index is 12.1. The van der Waals surface area contributed by atoms with Crippen LogP contribution in [0.1, 0.15) is 9.67 Å². The lowest BCUT2D eigenvalue weighted by Gasteiger charge is -2.09. The van der Waals surface area contributed by atoms with Gasteiger partial charge >= 0.3 is 0 Å². The molecule has 1 heterocycles. The highest BCUT2D eigenvalue weighted by Gasteiger charge is 2.08. The maximum absolute atomic E-state index is 12.1. The van der Waals surface area contributed by atoms with Gasteiger partial charge in [0.2, 0.25) is 0 Å². The van der Waals surface area contributed by atoms with Crippen LogP contribution in [0.2, 0.25) is 0 Å². The number of rotatable bonds is 6. The number of hydrogen-bond acceptors (Lipinski definition) is 4. The lowest BCUT2D eigenvalue weighted by molar-refractivity contribution is -0.118. The Morgan fingerprint density at radius 1 is 0.880 bits per heavy atom. The predicted molar refractivity (Wildman–Crippen MR) is 99.3 cm³/mol. The third kappa shape index (κ3) is 4.92. The van der Waals surface area contributed by atoms with Crippen molar-refractivity contribution in [3.8, 4) is 5.75 Å². The summed E-state index contributed by atoms with van der Waals surface area (Å²) >= 11 is 1.37. The molecule has 2 amide bonds. The first-order valence-corrected chi connectivity index (χ1v) is 8.51. The summed E-state index contributed by atoms with van der Waals surface area (Å²) in [4.78, 5) is 24.7. The van der Waals surface area contributed by atoms with Gasteiger partial charge in [0.1, 0.15) is 5.75 Å². The van der Waals surface area contributed by atoms with E-state index in [-0.39, 0.29) is 18.4 Å². The van der Waals surface area contributed by atoms with E-state index in [9.17, 15) is 9.59 Å². The number of amides is 2. The minimum absolute atomic E-state index is 0.0875. The molecule has 2 N–H and O–H groups in total. The molecule has 2 aromatic carbocycles. The molecule has 1 aromatic heterocycles. The molecular weight excluding hydrogens is 336 g/mol. The fourth-order valence-electron chi connectivity index (χ4n) is 2.14. The number of ether oxygens (including phenoxy) is 1. The lowest BCUT2D eigenvalue weighted by atomic mass is 10.2. The van der Waals surface area contributed by atoms with Crippen LogP contribution in [0, 0.1) is 0 Å². The first kappa shape index (κ1) is 16.7. The molecule has 0 aliphatic heterocycles. The zero-order valence-electron chi connectivity index (χ0n) is 13.3. The standard InChI is InChI=1S/C19H16N2O3S/c22-18(13-24-16-8-2-1-3-9-16)20-14-6-4-7-15(12-14)21-19(23)17-10-5-11-25-17/h1-12H,13H2,(H,20,22)(H,21,23). The SMILES string of the molecule is O=C(COc1ccccc1)Nc1cccc(NC(=O)c2cccs2)c1. The van der Waals surface area contributed by atoms with Crippen LogP contribution in [0.25, 0.3) is 0 Å². The van der Waals surface area contributed by atoms with Crippen LogP contribution in [-0.4, -0.2) is 18.4 Å². The average molecular weight is 352 g/mol. The van der Waals surface area contributed by atoms with Crippen molar-refractivity contribution in [1.82, 2.24) is 0 Å². The summed E-state index contributed by atoms with van der Waals surface area (Å²) in [5.74, 6) is 0.186. The van der Waals surface area contributed by atoms with Gasteiger partial charge in [0, 0.05) is 11.4 Å². The van der Waals surface area contributed by atoms with Gasteiger partial charge in [-0.1, -0.05) is 30.3 Å². The molecule has 3 aromatic rings. The van der Waals surface area contributed by atoms with Gasteiger partial charge in [-0.3, -0.25) is 9.59 Å². The molecule has 3 rings (SSSR count). The summed E-state index contributed by atoms with van der Waals surface area (Å²) in [7, 11) is 0. The zero-order chi connectivity index (χ0) is 17.5. The lowest BCUT2D eigenvalue weighted by Crippen LogP contribution is -2.20. The average Bonchev–Trinajstić information content (AvgIpc) is 3.16. The van der Waals surface area contributed by atoms with E-state index in [0.717, 1.165) is 0 Å². The van der Waals surface area contributed by atoms with E-state index in [1.165, 1.54) is 11.3 Å². The number of para-hydroxylation sites is 1. The highest BCUT2D eigenvalue weighted by atomic mass is 32.1. The Hall–Kier alpha value is -3.12. The zero-order valence-corrected chi connectivity index (χ0v) is 14.1. The van der Waals surface area contributed by atoms with Crippen LogP contribution in [0.3, 0.4) is 0 Å². The Balaban J connectivity index is 1.56. The quantitative estimate of drug-likeness (QED) is 0.704. The maximum Gasteiger partial charge on any atom is 0.265 e. The molecular formula is C19H16N2O3S. The topological polar surface area (TPSA) is 67.4 Å². The molecule has 0 saturated carbocycles. The van der Waals surface area contributed by atoms with Gasteiger partial charge in [-0.2, -0.15) is 0 Å². The molecule has 0 aliphatic rings. The summed E-state index contributed by atoms with van der Waals surface area (Å²) in [6.07, 6.45) is 0. The van der Waals surface area contributed by atoms with Crippen molar-refractivity contribution in [3.05, 3.63) is 77.0 Å². The van der Waals surface area contributed by atoms with Crippen molar-refractivity contribution in [2.24, 2.45) is 0 Å². The predicted octanol–water partition coefficient (Wildman–Crippen LogP) is 4.02. The van der Waals surface area contributed by atoms with E-state index in [1.54, 1.807) is 42.5 Å². The van der Waals surface area contributed by atoms with E-state index in [0.29, 0.717) is 22.0 Å². The number of thiophene rings is 1. The Kier molecular flexibility index (Phi) is 5.43. The molecule has 0 saturated heterocycles. The Bertz CT molecular complexity index is 848. The fraction of sp³-hybridized carbons (Fsp3) is 0.0526. The number of benzene rings is 2. The molecule has 25 heavy (non-hydrogen) atoms. The largest absolute Gasteiger partial charge is 0.484 e. The Morgan fingerprint density at radius 3 is 2.36 bits per heavy atom. The Labute approximate surface area is 149 Å². The third-order valence-corrected chi connectivity index (χ3v) is 4.13. The van der Waals surface area contributed by atoms with Gasteiger partial charge in [-0.15, -0.1) is 11.3 Å². The van der Waals surface area contributed by atoms with E-state index in [4.69, 9.17) is 4.74 Å². The number of hydrogen-bond donors (Lipinski definition) is 2. The second-order valence-electron chi connectivity index (χ2n) is 5.16. The van der Waals surface area contributed by atoms with E-state index < -0.39 is 0 Å². The highest BCUT2D eigenvalue weighted by molar-refractivity contribution is 7.12. The summed E-state index contributed by atoms with van der Waals surface area (Å²) in [6, 6.07) is 19.7. The van der Waals surface area contributed by atoms with Crippen molar-refractivity contribution in [3.63, 3.8) is 0 Å². The summed E-state index contributed by atoms with van der Waals surface area (Å²) in [6.45, 7) is -0.0875. The highest BCUT2D eigenvalue weighted by Crippen LogP contribution is 2.17. The molecule has 0 spiro atoms. The van der Waals surface area contributed by atoms with Crippen LogP contribution in [0.15, 0.2) is 72.1 Å². The van der Waals surface area contributed by atoms with Crippen molar-refractivity contribution < 1.29 is 14.3 Å². The van der Waals surface area contributed by atoms with Crippen LogP contribution in [0.4, 0.5) is 11.4 Å². The molecule has 0 unspecified atom stereocenters. The summed E-state index contributed by atoms with van der Waals surface area (Å²) < 4.78 is 5.40. The molecule has 0 radical (unpaired) electrons. The molecule has 0 fully saturated rings.